The Balaban J connectivity index is 2.02. The second-order valence-electron chi connectivity index (χ2n) is 4.91. The highest BCUT2D eigenvalue weighted by Crippen LogP contribution is 2.25. The van der Waals surface area contributed by atoms with Gasteiger partial charge in [-0.2, -0.15) is 0 Å². The summed E-state index contributed by atoms with van der Waals surface area (Å²) in [4.78, 5) is 22.2. The van der Waals surface area contributed by atoms with E-state index in [1.807, 2.05) is 37.3 Å². The summed E-state index contributed by atoms with van der Waals surface area (Å²) in [5.74, 6) is -0.859. The van der Waals surface area contributed by atoms with Gasteiger partial charge in [-0.1, -0.05) is 30.3 Å². The Morgan fingerprint density at radius 1 is 1.19 bits per heavy atom. The van der Waals surface area contributed by atoms with Crippen LogP contribution in [0.3, 0.4) is 0 Å². The van der Waals surface area contributed by atoms with Crippen LogP contribution in [0.15, 0.2) is 36.4 Å². The molecule has 110 valence electrons. The number of aryl methyl sites for hydroxylation is 1. The van der Waals surface area contributed by atoms with Crippen LogP contribution in [-0.4, -0.2) is 23.7 Å². The molecule has 0 aromatic heterocycles. The number of carboxylic acids is 1. The van der Waals surface area contributed by atoms with Crippen molar-refractivity contribution >= 4 is 28.5 Å². The Morgan fingerprint density at radius 3 is 2.71 bits per heavy atom. The second kappa shape index (κ2) is 6.74. The van der Waals surface area contributed by atoms with Crippen LogP contribution in [0.4, 0.5) is 10.5 Å². The van der Waals surface area contributed by atoms with E-state index in [0.717, 1.165) is 22.0 Å². The molecule has 0 aliphatic carbocycles. The maximum Gasteiger partial charge on any atom is 0.319 e. The molecular weight excluding hydrogens is 268 g/mol. The molecule has 2 aromatic rings. The summed E-state index contributed by atoms with van der Waals surface area (Å²) < 4.78 is 0. The predicted molar refractivity (Wildman–Crippen MR) is 82.6 cm³/mol. The van der Waals surface area contributed by atoms with Gasteiger partial charge in [0.15, 0.2) is 0 Å². The van der Waals surface area contributed by atoms with Gasteiger partial charge in [-0.15, -0.1) is 0 Å². The SMILES string of the molecule is Cc1cc(NC(=O)NCCCC(=O)O)c2ccccc2c1. The fourth-order valence-corrected chi connectivity index (χ4v) is 2.17. The molecule has 0 aliphatic rings. The monoisotopic (exact) mass is 286 g/mol. The van der Waals surface area contributed by atoms with Gasteiger partial charge in [-0.3, -0.25) is 4.79 Å². The van der Waals surface area contributed by atoms with Crippen LogP contribution in [0.25, 0.3) is 10.8 Å². The fraction of sp³-hybridized carbons (Fsp3) is 0.250. The first kappa shape index (κ1) is 14.8. The van der Waals surface area contributed by atoms with Crippen molar-refractivity contribution in [3.8, 4) is 0 Å². The molecular formula is C16H18N2O3. The topological polar surface area (TPSA) is 78.4 Å². The summed E-state index contributed by atoms with van der Waals surface area (Å²) in [6.45, 7) is 2.31. The molecule has 3 N–H and O–H groups in total. The predicted octanol–water partition coefficient (Wildman–Crippen LogP) is 3.13. The Labute approximate surface area is 123 Å². The van der Waals surface area contributed by atoms with E-state index in [-0.39, 0.29) is 12.5 Å². The maximum atomic E-state index is 11.8. The summed E-state index contributed by atoms with van der Waals surface area (Å²) in [6, 6.07) is 11.5. The van der Waals surface area contributed by atoms with Crippen LogP contribution in [-0.2, 0) is 4.79 Å². The van der Waals surface area contributed by atoms with Crippen LogP contribution in [0, 0.1) is 6.92 Å². The molecule has 2 amide bonds. The lowest BCUT2D eigenvalue weighted by molar-refractivity contribution is -0.137. The summed E-state index contributed by atoms with van der Waals surface area (Å²) in [6.07, 6.45) is 0.463. The van der Waals surface area contributed by atoms with E-state index in [1.165, 1.54) is 0 Å². The minimum Gasteiger partial charge on any atom is -0.481 e. The Kier molecular flexibility index (Phi) is 4.77. The number of nitrogens with one attached hydrogen (secondary N) is 2. The highest BCUT2D eigenvalue weighted by Gasteiger charge is 2.06. The molecule has 2 aromatic carbocycles. The van der Waals surface area contributed by atoms with Gasteiger partial charge in [-0.25, -0.2) is 4.79 Å². The fourth-order valence-electron chi connectivity index (χ4n) is 2.17. The number of aliphatic carboxylic acids is 1. The van der Waals surface area contributed by atoms with Gasteiger partial charge < -0.3 is 15.7 Å². The zero-order chi connectivity index (χ0) is 15.2. The molecule has 0 bridgehead atoms. The normalized spacial score (nSPS) is 10.3. The van der Waals surface area contributed by atoms with Crippen molar-refractivity contribution in [2.75, 3.05) is 11.9 Å². The van der Waals surface area contributed by atoms with Crippen LogP contribution in [0.5, 0.6) is 0 Å². The standard InChI is InChI=1S/C16H18N2O3/c1-11-9-12-5-2-3-6-13(12)14(10-11)18-16(21)17-8-4-7-15(19)20/h2-3,5-6,9-10H,4,7-8H2,1H3,(H,19,20)(H2,17,18,21). The Hall–Kier alpha value is -2.56. The largest absolute Gasteiger partial charge is 0.481 e. The number of carbonyl (C=O) groups excluding carboxylic acids is 1. The number of carbonyl (C=O) groups is 2. The smallest absolute Gasteiger partial charge is 0.319 e. The molecule has 0 fully saturated rings. The molecule has 0 spiro atoms. The van der Waals surface area contributed by atoms with Gasteiger partial charge in [0, 0.05) is 18.4 Å². The summed E-state index contributed by atoms with van der Waals surface area (Å²) in [7, 11) is 0. The van der Waals surface area contributed by atoms with Gasteiger partial charge in [0.1, 0.15) is 0 Å². The highest BCUT2D eigenvalue weighted by atomic mass is 16.4. The lowest BCUT2D eigenvalue weighted by Crippen LogP contribution is -2.29. The van der Waals surface area contributed by atoms with Gasteiger partial charge in [0.2, 0.25) is 0 Å². The quantitative estimate of drug-likeness (QED) is 0.739. The molecule has 0 atom stereocenters. The van der Waals surface area contributed by atoms with Crippen molar-refractivity contribution in [1.29, 1.82) is 0 Å². The summed E-state index contributed by atoms with van der Waals surface area (Å²) >= 11 is 0. The number of benzene rings is 2. The molecule has 5 nitrogen and oxygen atoms in total. The lowest BCUT2D eigenvalue weighted by Gasteiger charge is -2.11. The highest BCUT2D eigenvalue weighted by molar-refractivity contribution is 6.01. The first-order chi connectivity index (χ1) is 10.1. The van der Waals surface area contributed by atoms with Crippen molar-refractivity contribution in [3.05, 3.63) is 42.0 Å². The van der Waals surface area contributed by atoms with E-state index in [9.17, 15) is 9.59 Å². The number of anilines is 1. The number of hydrogen-bond donors (Lipinski definition) is 3. The van der Waals surface area contributed by atoms with Crippen LogP contribution >= 0.6 is 0 Å². The van der Waals surface area contributed by atoms with Crippen molar-refractivity contribution in [3.63, 3.8) is 0 Å². The molecule has 2 rings (SSSR count). The molecule has 21 heavy (non-hydrogen) atoms. The van der Waals surface area contributed by atoms with Crippen molar-refractivity contribution < 1.29 is 14.7 Å². The number of carboxylic acid groups (broad SMARTS) is 1. The second-order valence-corrected chi connectivity index (χ2v) is 4.91. The number of hydrogen-bond acceptors (Lipinski definition) is 2. The molecule has 0 aliphatic heterocycles. The molecule has 0 saturated heterocycles. The lowest BCUT2D eigenvalue weighted by atomic mass is 10.1. The Morgan fingerprint density at radius 2 is 1.95 bits per heavy atom. The summed E-state index contributed by atoms with van der Waals surface area (Å²) in [5.41, 5.74) is 1.82. The maximum absolute atomic E-state index is 11.8. The van der Waals surface area contributed by atoms with Crippen LogP contribution in [0.2, 0.25) is 0 Å². The number of urea groups is 1. The van der Waals surface area contributed by atoms with Crippen molar-refractivity contribution in [2.24, 2.45) is 0 Å². The number of fused-ring (bicyclic) bond motifs is 1. The minimum atomic E-state index is -0.859. The molecule has 0 unspecified atom stereocenters. The van der Waals surface area contributed by atoms with Crippen LogP contribution in [0.1, 0.15) is 18.4 Å². The third-order valence-corrected chi connectivity index (χ3v) is 3.11. The third-order valence-electron chi connectivity index (χ3n) is 3.11. The van der Waals surface area contributed by atoms with E-state index in [4.69, 9.17) is 5.11 Å². The van der Waals surface area contributed by atoms with Gasteiger partial charge >= 0.3 is 12.0 Å². The zero-order valence-corrected chi connectivity index (χ0v) is 11.8. The molecule has 0 radical (unpaired) electrons. The van der Waals surface area contributed by atoms with E-state index < -0.39 is 5.97 Å². The van der Waals surface area contributed by atoms with E-state index in [2.05, 4.69) is 16.7 Å². The van der Waals surface area contributed by atoms with Gasteiger partial charge in [0.25, 0.3) is 0 Å². The van der Waals surface area contributed by atoms with Crippen molar-refractivity contribution in [2.45, 2.75) is 19.8 Å². The summed E-state index contributed by atoms with van der Waals surface area (Å²) in [5, 5.41) is 16.1. The van der Waals surface area contributed by atoms with Crippen molar-refractivity contribution in [1.82, 2.24) is 5.32 Å². The zero-order valence-electron chi connectivity index (χ0n) is 11.8. The first-order valence-corrected chi connectivity index (χ1v) is 6.82. The minimum absolute atomic E-state index is 0.0493. The number of amides is 2. The van der Waals surface area contributed by atoms with E-state index in [1.54, 1.807) is 0 Å². The molecule has 5 heteroatoms. The van der Waals surface area contributed by atoms with Crippen LogP contribution < -0.4 is 10.6 Å². The average molecular weight is 286 g/mol. The van der Waals surface area contributed by atoms with Gasteiger partial charge in [0.05, 0.1) is 5.69 Å². The first-order valence-electron chi connectivity index (χ1n) is 6.82. The molecule has 0 saturated carbocycles. The van der Waals surface area contributed by atoms with E-state index in [0.29, 0.717) is 13.0 Å². The number of rotatable bonds is 5. The third kappa shape index (κ3) is 4.21. The average Bonchev–Trinajstić information content (AvgIpc) is 2.43. The molecule has 0 heterocycles. The van der Waals surface area contributed by atoms with Gasteiger partial charge in [-0.05, 0) is 30.4 Å². The van der Waals surface area contributed by atoms with E-state index >= 15 is 0 Å². The Bertz CT molecular complexity index is 668.